The van der Waals surface area contributed by atoms with Gasteiger partial charge in [0.2, 0.25) is 0 Å². The zero-order valence-corrected chi connectivity index (χ0v) is 9.86. The van der Waals surface area contributed by atoms with Gasteiger partial charge in [-0.05, 0) is 25.3 Å². The van der Waals surface area contributed by atoms with Crippen LogP contribution in [0.2, 0.25) is 0 Å². The first-order valence-corrected chi connectivity index (χ1v) is 5.38. The third-order valence-corrected chi connectivity index (χ3v) is 2.52. The largest absolute Gasteiger partial charge is 0.449 e. The highest BCUT2D eigenvalue weighted by atomic mass is 16.5. The van der Waals surface area contributed by atoms with Gasteiger partial charge in [-0.3, -0.25) is 4.90 Å². The van der Waals surface area contributed by atoms with Gasteiger partial charge in [0.15, 0.2) is 0 Å². The summed E-state index contributed by atoms with van der Waals surface area (Å²) in [6, 6.07) is 0. The molecule has 84 valence electrons. The van der Waals surface area contributed by atoms with Gasteiger partial charge >= 0.3 is 6.09 Å². The highest BCUT2D eigenvalue weighted by molar-refractivity contribution is 5.70. The average Bonchev–Trinajstić information content (AvgIpc) is 2.17. The van der Waals surface area contributed by atoms with Crippen molar-refractivity contribution in [3.63, 3.8) is 0 Å². The lowest BCUT2D eigenvalue weighted by Gasteiger charge is -2.25. The molecule has 1 amide bonds. The number of ether oxygens (including phenoxy) is 1. The Kier molecular flexibility index (Phi) is 3.95. The van der Waals surface area contributed by atoms with Crippen LogP contribution in [0.15, 0.2) is 24.0 Å². The Balaban J connectivity index is 2.69. The summed E-state index contributed by atoms with van der Waals surface area (Å²) in [5, 5.41) is 0. The van der Waals surface area contributed by atoms with E-state index in [1.807, 2.05) is 13.1 Å². The van der Waals surface area contributed by atoms with E-state index in [0.29, 0.717) is 18.4 Å². The van der Waals surface area contributed by atoms with Crippen molar-refractivity contribution in [2.45, 2.75) is 27.7 Å². The summed E-state index contributed by atoms with van der Waals surface area (Å²) in [7, 11) is 0. The first-order valence-electron chi connectivity index (χ1n) is 5.38. The molecular weight excluding hydrogens is 190 g/mol. The molecule has 1 unspecified atom stereocenters. The minimum absolute atomic E-state index is 0.310. The van der Waals surface area contributed by atoms with Crippen LogP contribution in [0.5, 0.6) is 0 Å². The van der Waals surface area contributed by atoms with Crippen molar-refractivity contribution in [1.82, 2.24) is 4.90 Å². The maximum atomic E-state index is 11.4. The van der Waals surface area contributed by atoms with Crippen LogP contribution < -0.4 is 0 Å². The first-order chi connectivity index (χ1) is 7.06. The van der Waals surface area contributed by atoms with Crippen molar-refractivity contribution >= 4 is 6.09 Å². The molecule has 1 aliphatic heterocycles. The zero-order valence-electron chi connectivity index (χ0n) is 9.86. The van der Waals surface area contributed by atoms with Crippen molar-refractivity contribution in [3.8, 4) is 0 Å². The van der Waals surface area contributed by atoms with E-state index >= 15 is 0 Å². The lowest BCUT2D eigenvalue weighted by Crippen LogP contribution is -2.26. The van der Waals surface area contributed by atoms with E-state index in [-0.39, 0.29) is 6.09 Å². The lowest BCUT2D eigenvalue weighted by atomic mass is 9.88. The van der Waals surface area contributed by atoms with Gasteiger partial charge in [0.1, 0.15) is 0 Å². The van der Waals surface area contributed by atoms with Gasteiger partial charge in [0.05, 0.1) is 6.61 Å². The van der Waals surface area contributed by atoms with Crippen LogP contribution in [0.4, 0.5) is 4.79 Å². The van der Waals surface area contributed by atoms with Gasteiger partial charge in [-0.1, -0.05) is 19.9 Å². The number of hydrogen-bond donors (Lipinski definition) is 0. The van der Waals surface area contributed by atoms with Gasteiger partial charge in [0, 0.05) is 18.3 Å². The molecule has 1 heterocycles. The summed E-state index contributed by atoms with van der Waals surface area (Å²) in [6.45, 7) is 8.60. The predicted molar refractivity (Wildman–Crippen MR) is 60.1 cm³/mol. The Labute approximate surface area is 91.4 Å². The van der Waals surface area contributed by atoms with Crippen molar-refractivity contribution in [2.75, 3.05) is 6.61 Å². The second kappa shape index (κ2) is 5.01. The van der Waals surface area contributed by atoms with E-state index in [2.05, 4.69) is 19.9 Å². The summed E-state index contributed by atoms with van der Waals surface area (Å²) in [5.41, 5.74) is 1.19. The topological polar surface area (TPSA) is 29.5 Å². The van der Waals surface area contributed by atoms with Crippen molar-refractivity contribution < 1.29 is 9.53 Å². The molecule has 0 aromatic heterocycles. The fourth-order valence-corrected chi connectivity index (χ4v) is 1.75. The Morgan fingerprint density at radius 2 is 2.27 bits per heavy atom. The molecule has 0 aliphatic carbocycles. The molecule has 0 spiro atoms. The summed E-state index contributed by atoms with van der Waals surface area (Å²) >= 11 is 0. The molecule has 15 heavy (non-hydrogen) atoms. The minimum Gasteiger partial charge on any atom is -0.449 e. The quantitative estimate of drug-likeness (QED) is 0.699. The Morgan fingerprint density at radius 1 is 1.60 bits per heavy atom. The molecule has 0 saturated carbocycles. The standard InChI is InChI=1S/C12H19NO2/c1-5-15-12(14)13-7-6-11(9(2)3)10(4)8-13/h6-9,11H,5H2,1-4H3. The maximum Gasteiger partial charge on any atom is 0.417 e. The zero-order chi connectivity index (χ0) is 11.4. The Hall–Kier alpha value is -1.25. The highest BCUT2D eigenvalue weighted by Crippen LogP contribution is 2.25. The molecule has 0 N–H and O–H groups in total. The van der Waals surface area contributed by atoms with Crippen molar-refractivity contribution in [2.24, 2.45) is 11.8 Å². The van der Waals surface area contributed by atoms with Crippen LogP contribution in [0.1, 0.15) is 27.7 Å². The summed E-state index contributed by atoms with van der Waals surface area (Å²) in [6.07, 6.45) is 5.38. The van der Waals surface area contributed by atoms with Gasteiger partial charge < -0.3 is 4.74 Å². The number of allylic oxidation sites excluding steroid dienone is 2. The molecule has 1 aliphatic rings. The maximum absolute atomic E-state index is 11.4. The summed E-state index contributed by atoms with van der Waals surface area (Å²) < 4.78 is 4.92. The summed E-state index contributed by atoms with van der Waals surface area (Å²) in [4.78, 5) is 12.9. The average molecular weight is 209 g/mol. The van der Waals surface area contributed by atoms with E-state index in [4.69, 9.17) is 4.74 Å². The molecule has 3 heteroatoms. The van der Waals surface area contributed by atoms with Gasteiger partial charge in [-0.15, -0.1) is 0 Å². The first kappa shape index (κ1) is 11.8. The van der Waals surface area contributed by atoms with Gasteiger partial charge in [0.25, 0.3) is 0 Å². The Morgan fingerprint density at radius 3 is 2.73 bits per heavy atom. The molecule has 3 nitrogen and oxygen atoms in total. The third kappa shape index (κ3) is 2.85. The van der Waals surface area contributed by atoms with E-state index in [0.717, 1.165) is 0 Å². The fraction of sp³-hybridized carbons (Fsp3) is 0.583. The second-order valence-corrected chi connectivity index (χ2v) is 4.09. The number of nitrogens with zero attached hydrogens (tertiary/aromatic N) is 1. The Bertz CT molecular complexity index is 292. The SMILES string of the molecule is CCOC(=O)N1C=CC(C(C)C)C(C)=C1. The van der Waals surface area contributed by atoms with Gasteiger partial charge in [-0.25, -0.2) is 4.79 Å². The minimum atomic E-state index is -0.310. The van der Waals surface area contributed by atoms with Gasteiger partial charge in [-0.2, -0.15) is 0 Å². The number of hydrogen-bond acceptors (Lipinski definition) is 2. The molecule has 0 bridgehead atoms. The second-order valence-electron chi connectivity index (χ2n) is 4.09. The summed E-state index contributed by atoms with van der Waals surface area (Å²) in [5.74, 6) is 0.984. The molecule has 1 atom stereocenters. The third-order valence-electron chi connectivity index (χ3n) is 2.52. The smallest absolute Gasteiger partial charge is 0.417 e. The van der Waals surface area contributed by atoms with Crippen LogP contribution in [0.25, 0.3) is 0 Å². The molecule has 0 radical (unpaired) electrons. The van der Waals surface area contributed by atoms with Crippen LogP contribution in [0, 0.1) is 11.8 Å². The molecule has 1 rings (SSSR count). The van der Waals surface area contributed by atoms with E-state index < -0.39 is 0 Å². The van der Waals surface area contributed by atoms with Crippen molar-refractivity contribution in [1.29, 1.82) is 0 Å². The lowest BCUT2D eigenvalue weighted by molar-refractivity contribution is 0.132. The highest BCUT2D eigenvalue weighted by Gasteiger charge is 2.19. The van der Waals surface area contributed by atoms with Crippen LogP contribution >= 0.6 is 0 Å². The monoisotopic (exact) mass is 209 g/mol. The number of carbonyl (C=O) groups excluding carboxylic acids is 1. The molecule has 0 aromatic carbocycles. The predicted octanol–water partition coefficient (Wildman–Crippen LogP) is 3.15. The number of rotatable bonds is 2. The van der Waals surface area contributed by atoms with E-state index in [9.17, 15) is 4.79 Å². The molecule has 0 saturated heterocycles. The normalized spacial score (nSPS) is 20.5. The molecule has 0 aromatic rings. The van der Waals surface area contributed by atoms with Crippen LogP contribution in [0.3, 0.4) is 0 Å². The van der Waals surface area contributed by atoms with Crippen LogP contribution in [-0.4, -0.2) is 17.6 Å². The molecular formula is C12H19NO2. The number of carbonyl (C=O) groups is 1. The van der Waals surface area contributed by atoms with Crippen molar-refractivity contribution in [3.05, 3.63) is 24.0 Å². The fourth-order valence-electron chi connectivity index (χ4n) is 1.75. The van der Waals surface area contributed by atoms with E-state index in [1.165, 1.54) is 10.5 Å². The van der Waals surface area contributed by atoms with Crippen LogP contribution in [-0.2, 0) is 4.74 Å². The molecule has 0 fully saturated rings. The van der Waals surface area contributed by atoms with E-state index in [1.54, 1.807) is 13.1 Å². The number of amides is 1.